The molecule has 1 aliphatic rings. The average molecular weight is 155 g/mol. The van der Waals surface area contributed by atoms with Gasteiger partial charge in [-0.2, -0.15) is 0 Å². The Kier molecular flexibility index (Phi) is 2.94. The second kappa shape index (κ2) is 3.57. The Labute approximate surface area is 70.8 Å². The summed E-state index contributed by atoms with van der Waals surface area (Å²) in [5, 5.41) is 0. The van der Waals surface area contributed by atoms with Crippen molar-refractivity contribution in [2.75, 3.05) is 20.1 Å². The molecule has 1 saturated heterocycles. The van der Waals surface area contributed by atoms with Gasteiger partial charge in [0.2, 0.25) is 0 Å². The van der Waals surface area contributed by atoms with Gasteiger partial charge in [-0.05, 0) is 38.3 Å². The maximum absolute atomic E-state index is 2.47. The summed E-state index contributed by atoms with van der Waals surface area (Å²) >= 11 is 0. The van der Waals surface area contributed by atoms with Crippen LogP contribution in [0.2, 0.25) is 0 Å². The summed E-state index contributed by atoms with van der Waals surface area (Å²) < 4.78 is 0. The molecular weight excluding hydrogens is 134 g/mol. The number of hydrogen-bond acceptors (Lipinski definition) is 1. The van der Waals surface area contributed by atoms with E-state index in [2.05, 4.69) is 25.8 Å². The summed E-state index contributed by atoms with van der Waals surface area (Å²) in [7, 11) is 2.24. The lowest BCUT2D eigenvalue weighted by Crippen LogP contribution is -2.39. The first-order chi connectivity index (χ1) is 5.16. The van der Waals surface area contributed by atoms with Crippen LogP contribution in [-0.2, 0) is 0 Å². The number of likely N-dealkylation sites (tertiary alicyclic amines) is 1. The Balaban J connectivity index is 2.41. The molecule has 11 heavy (non-hydrogen) atoms. The van der Waals surface area contributed by atoms with Crippen LogP contribution in [0, 0.1) is 5.41 Å². The fraction of sp³-hybridized carbons (Fsp3) is 1.00. The number of rotatable bonds is 2. The van der Waals surface area contributed by atoms with Crippen LogP contribution in [0.15, 0.2) is 0 Å². The smallest absolute Gasteiger partial charge is 0.00323 e. The van der Waals surface area contributed by atoms with Crippen molar-refractivity contribution in [3.63, 3.8) is 0 Å². The number of hydrogen-bond donors (Lipinski definition) is 0. The highest BCUT2D eigenvalue weighted by Crippen LogP contribution is 2.32. The molecule has 0 radical (unpaired) electrons. The second-order valence-corrected chi connectivity index (χ2v) is 4.40. The molecule has 1 aliphatic heterocycles. The molecule has 0 aromatic carbocycles. The third-order valence-electron chi connectivity index (χ3n) is 2.83. The highest BCUT2D eigenvalue weighted by molar-refractivity contribution is 4.81. The van der Waals surface area contributed by atoms with Crippen molar-refractivity contribution in [2.45, 2.75) is 39.5 Å². The topological polar surface area (TPSA) is 3.24 Å². The molecule has 1 rings (SSSR count). The number of nitrogens with zero attached hydrogens (tertiary/aromatic N) is 1. The van der Waals surface area contributed by atoms with Gasteiger partial charge in [-0.15, -0.1) is 0 Å². The van der Waals surface area contributed by atoms with Gasteiger partial charge in [0, 0.05) is 6.54 Å². The Morgan fingerprint density at radius 1 is 1.45 bits per heavy atom. The summed E-state index contributed by atoms with van der Waals surface area (Å²) in [5.74, 6) is 0. The summed E-state index contributed by atoms with van der Waals surface area (Å²) in [5.41, 5.74) is 0.627. The van der Waals surface area contributed by atoms with Gasteiger partial charge in [-0.25, -0.2) is 0 Å². The van der Waals surface area contributed by atoms with Gasteiger partial charge >= 0.3 is 0 Å². The van der Waals surface area contributed by atoms with Gasteiger partial charge in [0.25, 0.3) is 0 Å². The summed E-state index contributed by atoms with van der Waals surface area (Å²) in [6, 6.07) is 0. The van der Waals surface area contributed by atoms with Gasteiger partial charge in [0.05, 0.1) is 0 Å². The molecule has 0 bridgehead atoms. The Bertz CT molecular complexity index is 118. The largest absolute Gasteiger partial charge is 0.306 e. The van der Waals surface area contributed by atoms with E-state index in [1.807, 2.05) is 0 Å². The van der Waals surface area contributed by atoms with Crippen molar-refractivity contribution in [3.8, 4) is 0 Å². The van der Waals surface area contributed by atoms with Crippen molar-refractivity contribution < 1.29 is 0 Å². The van der Waals surface area contributed by atoms with Gasteiger partial charge in [0.15, 0.2) is 0 Å². The van der Waals surface area contributed by atoms with Crippen molar-refractivity contribution in [2.24, 2.45) is 5.41 Å². The SMILES string of the molecule is CCCC1(C)CCCN(C)C1. The van der Waals surface area contributed by atoms with Crippen LogP contribution < -0.4 is 0 Å². The van der Waals surface area contributed by atoms with Gasteiger partial charge < -0.3 is 4.90 Å². The maximum atomic E-state index is 2.47. The standard InChI is InChI=1S/C10H21N/c1-4-6-10(2)7-5-8-11(3)9-10/h4-9H2,1-3H3. The molecule has 0 aliphatic carbocycles. The van der Waals surface area contributed by atoms with E-state index in [1.165, 1.54) is 38.8 Å². The molecule has 0 spiro atoms. The first kappa shape index (κ1) is 9.05. The highest BCUT2D eigenvalue weighted by Gasteiger charge is 2.27. The molecule has 0 aromatic heterocycles. The van der Waals surface area contributed by atoms with Crippen LogP contribution >= 0.6 is 0 Å². The zero-order valence-corrected chi connectivity index (χ0v) is 8.19. The first-order valence-electron chi connectivity index (χ1n) is 4.85. The summed E-state index contributed by atoms with van der Waals surface area (Å²) in [6.45, 7) is 7.34. The van der Waals surface area contributed by atoms with E-state index in [9.17, 15) is 0 Å². The molecule has 0 amide bonds. The van der Waals surface area contributed by atoms with E-state index in [0.717, 1.165) is 0 Å². The minimum Gasteiger partial charge on any atom is -0.306 e. The zero-order valence-electron chi connectivity index (χ0n) is 8.19. The fourth-order valence-corrected chi connectivity index (χ4v) is 2.39. The molecule has 0 aromatic rings. The molecule has 0 saturated carbocycles. The van der Waals surface area contributed by atoms with E-state index >= 15 is 0 Å². The highest BCUT2D eigenvalue weighted by atomic mass is 15.1. The van der Waals surface area contributed by atoms with Crippen LogP contribution in [-0.4, -0.2) is 25.0 Å². The molecule has 0 N–H and O–H groups in total. The second-order valence-electron chi connectivity index (χ2n) is 4.40. The third kappa shape index (κ3) is 2.48. The lowest BCUT2D eigenvalue weighted by atomic mass is 9.78. The minimum absolute atomic E-state index is 0.627. The van der Waals surface area contributed by atoms with E-state index in [4.69, 9.17) is 0 Å². The first-order valence-corrected chi connectivity index (χ1v) is 4.85. The Hall–Kier alpha value is -0.0400. The predicted octanol–water partition coefficient (Wildman–Crippen LogP) is 2.52. The van der Waals surface area contributed by atoms with E-state index < -0.39 is 0 Å². The average Bonchev–Trinajstić information content (AvgIpc) is 1.86. The minimum atomic E-state index is 0.627. The van der Waals surface area contributed by atoms with Crippen LogP contribution in [0.1, 0.15) is 39.5 Å². The zero-order chi connectivity index (χ0) is 8.32. The monoisotopic (exact) mass is 155 g/mol. The van der Waals surface area contributed by atoms with Crippen molar-refractivity contribution in [1.29, 1.82) is 0 Å². The summed E-state index contributed by atoms with van der Waals surface area (Å²) in [6.07, 6.45) is 5.57. The molecule has 1 fully saturated rings. The van der Waals surface area contributed by atoms with Crippen LogP contribution in [0.5, 0.6) is 0 Å². The molecule has 1 nitrogen and oxygen atoms in total. The molecular formula is C10H21N. The summed E-state index contributed by atoms with van der Waals surface area (Å²) in [4.78, 5) is 2.47. The predicted molar refractivity (Wildman–Crippen MR) is 49.7 cm³/mol. The fourth-order valence-electron chi connectivity index (χ4n) is 2.39. The van der Waals surface area contributed by atoms with Crippen LogP contribution in [0.25, 0.3) is 0 Å². The van der Waals surface area contributed by atoms with E-state index in [0.29, 0.717) is 5.41 Å². The van der Waals surface area contributed by atoms with Gasteiger partial charge in [0.1, 0.15) is 0 Å². The maximum Gasteiger partial charge on any atom is 0.00323 e. The normalized spacial score (nSPS) is 34.1. The van der Waals surface area contributed by atoms with E-state index in [1.54, 1.807) is 0 Å². The molecule has 1 heteroatoms. The van der Waals surface area contributed by atoms with Crippen LogP contribution in [0.4, 0.5) is 0 Å². The van der Waals surface area contributed by atoms with E-state index in [-0.39, 0.29) is 0 Å². The number of piperidine rings is 1. The van der Waals surface area contributed by atoms with Gasteiger partial charge in [-0.3, -0.25) is 0 Å². The van der Waals surface area contributed by atoms with Crippen LogP contribution in [0.3, 0.4) is 0 Å². The molecule has 1 atom stereocenters. The lowest BCUT2D eigenvalue weighted by Gasteiger charge is -2.38. The molecule has 1 unspecified atom stereocenters. The van der Waals surface area contributed by atoms with Crippen molar-refractivity contribution in [3.05, 3.63) is 0 Å². The third-order valence-corrected chi connectivity index (χ3v) is 2.83. The van der Waals surface area contributed by atoms with Crippen molar-refractivity contribution in [1.82, 2.24) is 4.90 Å². The van der Waals surface area contributed by atoms with Gasteiger partial charge in [-0.1, -0.05) is 20.3 Å². The van der Waals surface area contributed by atoms with Crippen molar-refractivity contribution >= 4 is 0 Å². The Morgan fingerprint density at radius 2 is 2.18 bits per heavy atom. The lowest BCUT2D eigenvalue weighted by molar-refractivity contribution is 0.116. The Morgan fingerprint density at radius 3 is 2.73 bits per heavy atom. The molecule has 1 heterocycles. The molecule has 66 valence electrons. The quantitative estimate of drug-likeness (QED) is 0.592.